The molecule has 0 spiro atoms. The summed E-state index contributed by atoms with van der Waals surface area (Å²) in [6.07, 6.45) is 2.23. The van der Waals surface area contributed by atoms with Crippen LogP contribution in [-0.4, -0.2) is 37.7 Å². The number of hydrogen-bond donors (Lipinski definition) is 3. The third kappa shape index (κ3) is 4.57. The van der Waals surface area contributed by atoms with E-state index in [0.717, 1.165) is 18.4 Å². The van der Waals surface area contributed by atoms with E-state index >= 15 is 0 Å². The van der Waals surface area contributed by atoms with E-state index in [1.165, 1.54) is 17.0 Å². The van der Waals surface area contributed by atoms with Crippen LogP contribution in [0.15, 0.2) is 35.5 Å². The molecular formula is C18H23FN3O3+. The summed E-state index contributed by atoms with van der Waals surface area (Å²) < 4.78 is 18.2. The van der Waals surface area contributed by atoms with Crippen LogP contribution in [0.25, 0.3) is 0 Å². The van der Waals surface area contributed by atoms with Crippen molar-refractivity contribution < 1.29 is 23.6 Å². The molecule has 1 saturated carbocycles. The molecule has 1 heterocycles. The fraction of sp³-hybridized carbons (Fsp3) is 0.444. The fourth-order valence-corrected chi connectivity index (χ4v) is 3.03. The molecule has 1 aromatic carbocycles. The van der Waals surface area contributed by atoms with E-state index in [0.29, 0.717) is 37.0 Å². The van der Waals surface area contributed by atoms with Crippen molar-refractivity contribution >= 4 is 12.0 Å². The van der Waals surface area contributed by atoms with Gasteiger partial charge in [-0.2, -0.15) is 0 Å². The Labute approximate surface area is 146 Å². The lowest BCUT2D eigenvalue weighted by molar-refractivity contribution is -0.920. The van der Waals surface area contributed by atoms with Crippen molar-refractivity contribution in [3.63, 3.8) is 0 Å². The molecule has 1 aromatic rings. The van der Waals surface area contributed by atoms with Gasteiger partial charge in [-0.1, -0.05) is 12.1 Å². The lowest BCUT2D eigenvalue weighted by Gasteiger charge is -2.25. The monoisotopic (exact) mass is 348 g/mol. The summed E-state index contributed by atoms with van der Waals surface area (Å²) in [5, 5.41) is 5.38. The highest BCUT2D eigenvalue weighted by molar-refractivity contribution is 5.93. The topological polar surface area (TPSA) is 71.9 Å². The number of amides is 2. The Kier molecular flexibility index (Phi) is 5.33. The standard InChI is InChI=1S/C18H22FN3O3/c1-2-25-17(23)15-9-20-18(24)21-16(15)11-22(14-7-8-14)10-12-3-5-13(19)6-4-12/h3-6,14H,2,7-11H2,1H3,(H2,20,21,24)/p+1. The second-order valence-electron chi connectivity index (χ2n) is 6.40. The molecule has 2 amide bonds. The molecule has 134 valence electrons. The Balaban J connectivity index is 1.77. The Morgan fingerprint density at radius 1 is 1.28 bits per heavy atom. The van der Waals surface area contributed by atoms with Crippen LogP contribution in [0.1, 0.15) is 25.3 Å². The number of quaternary nitrogens is 1. The van der Waals surface area contributed by atoms with E-state index in [1.54, 1.807) is 19.1 Å². The van der Waals surface area contributed by atoms with Crippen LogP contribution in [0, 0.1) is 5.82 Å². The number of benzene rings is 1. The van der Waals surface area contributed by atoms with E-state index in [-0.39, 0.29) is 18.4 Å². The number of carbonyl (C=O) groups excluding carboxylic acids is 2. The quantitative estimate of drug-likeness (QED) is 0.629. The first kappa shape index (κ1) is 17.4. The average molecular weight is 348 g/mol. The first-order valence-electron chi connectivity index (χ1n) is 8.59. The fourth-order valence-electron chi connectivity index (χ4n) is 3.03. The lowest BCUT2D eigenvalue weighted by Crippen LogP contribution is -3.12. The Hall–Kier alpha value is -2.41. The number of carbonyl (C=O) groups is 2. The van der Waals surface area contributed by atoms with Crippen LogP contribution < -0.4 is 15.5 Å². The second-order valence-corrected chi connectivity index (χ2v) is 6.40. The molecule has 6 nitrogen and oxygen atoms in total. The highest BCUT2D eigenvalue weighted by Crippen LogP contribution is 2.17. The number of rotatable bonds is 7. The first-order valence-corrected chi connectivity index (χ1v) is 8.59. The van der Waals surface area contributed by atoms with Gasteiger partial charge in [0.25, 0.3) is 0 Å². The van der Waals surface area contributed by atoms with Crippen LogP contribution in [-0.2, 0) is 16.1 Å². The Morgan fingerprint density at radius 3 is 2.64 bits per heavy atom. The van der Waals surface area contributed by atoms with Crippen molar-refractivity contribution in [2.45, 2.75) is 32.4 Å². The van der Waals surface area contributed by atoms with Gasteiger partial charge in [-0.3, -0.25) is 0 Å². The maximum absolute atomic E-state index is 13.1. The molecule has 3 N–H and O–H groups in total. The molecule has 1 fully saturated rings. The van der Waals surface area contributed by atoms with Crippen LogP contribution in [0.3, 0.4) is 0 Å². The van der Waals surface area contributed by atoms with Gasteiger partial charge in [0.05, 0.1) is 30.5 Å². The molecule has 0 radical (unpaired) electrons. The van der Waals surface area contributed by atoms with Gasteiger partial charge in [0.2, 0.25) is 0 Å². The second kappa shape index (κ2) is 7.65. The van der Waals surface area contributed by atoms with Crippen molar-refractivity contribution in [3.8, 4) is 0 Å². The Morgan fingerprint density at radius 2 is 2.00 bits per heavy atom. The van der Waals surface area contributed by atoms with E-state index in [4.69, 9.17) is 4.74 Å². The molecule has 1 aliphatic carbocycles. The van der Waals surface area contributed by atoms with E-state index < -0.39 is 5.97 Å². The molecule has 1 atom stereocenters. The number of halogens is 1. The lowest BCUT2D eigenvalue weighted by atomic mass is 10.1. The third-order valence-corrected chi connectivity index (χ3v) is 4.48. The molecule has 7 heteroatoms. The summed E-state index contributed by atoms with van der Waals surface area (Å²) in [6, 6.07) is 6.65. The van der Waals surface area contributed by atoms with E-state index in [1.807, 2.05) is 0 Å². The largest absolute Gasteiger partial charge is 0.463 e. The van der Waals surface area contributed by atoms with Gasteiger partial charge in [-0.15, -0.1) is 0 Å². The average Bonchev–Trinajstić information content (AvgIpc) is 3.41. The molecular weight excluding hydrogens is 325 g/mol. The number of hydrogen-bond acceptors (Lipinski definition) is 3. The minimum Gasteiger partial charge on any atom is -0.463 e. The van der Waals surface area contributed by atoms with Gasteiger partial charge in [-0.25, -0.2) is 14.0 Å². The molecule has 3 rings (SSSR count). The minimum absolute atomic E-state index is 0.175. The summed E-state index contributed by atoms with van der Waals surface area (Å²) in [4.78, 5) is 25.1. The Bertz CT molecular complexity index is 683. The molecule has 0 aromatic heterocycles. The van der Waals surface area contributed by atoms with Crippen molar-refractivity contribution in [2.24, 2.45) is 0 Å². The SMILES string of the molecule is CCOC(=O)C1=C(C[NH+](Cc2ccc(F)cc2)C2CC2)NC(=O)NC1. The number of esters is 1. The van der Waals surface area contributed by atoms with E-state index in [2.05, 4.69) is 10.6 Å². The van der Waals surface area contributed by atoms with Gasteiger partial charge in [0.15, 0.2) is 0 Å². The maximum Gasteiger partial charge on any atom is 0.337 e. The zero-order chi connectivity index (χ0) is 17.8. The highest BCUT2D eigenvalue weighted by Gasteiger charge is 2.36. The summed E-state index contributed by atoms with van der Waals surface area (Å²) >= 11 is 0. The summed E-state index contributed by atoms with van der Waals surface area (Å²) in [7, 11) is 0. The number of urea groups is 1. The zero-order valence-electron chi connectivity index (χ0n) is 14.2. The molecule has 1 aliphatic heterocycles. The molecule has 0 bridgehead atoms. The van der Waals surface area contributed by atoms with Crippen LogP contribution in [0.5, 0.6) is 0 Å². The number of ether oxygens (including phenoxy) is 1. The summed E-state index contributed by atoms with van der Waals surface area (Å²) in [5.74, 6) is -0.656. The zero-order valence-corrected chi connectivity index (χ0v) is 14.2. The predicted octanol–water partition coefficient (Wildman–Crippen LogP) is 0.503. The summed E-state index contributed by atoms with van der Waals surface area (Å²) in [6.45, 7) is 3.47. The maximum atomic E-state index is 13.1. The van der Waals surface area contributed by atoms with Crippen LogP contribution in [0.2, 0.25) is 0 Å². The molecule has 1 unspecified atom stereocenters. The van der Waals surface area contributed by atoms with Crippen LogP contribution >= 0.6 is 0 Å². The normalized spacial score (nSPS) is 18.4. The number of nitrogens with one attached hydrogen (secondary N) is 3. The highest BCUT2D eigenvalue weighted by atomic mass is 19.1. The van der Waals surface area contributed by atoms with Gasteiger partial charge >= 0.3 is 12.0 Å². The molecule has 2 aliphatic rings. The predicted molar refractivity (Wildman–Crippen MR) is 89.1 cm³/mol. The summed E-state index contributed by atoms with van der Waals surface area (Å²) in [5.41, 5.74) is 2.12. The van der Waals surface area contributed by atoms with Gasteiger partial charge in [0, 0.05) is 18.4 Å². The van der Waals surface area contributed by atoms with Crippen molar-refractivity contribution in [3.05, 3.63) is 46.9 Å². The van der Waals surface area contributed by atoms with Crippen molar-refractivity contribution in [1.82, 2.24) is 10.6 Å². The van der Waals surface area contributed by atoms with Gasteiger partial charge in [-0.05, 0) is 19.1 Å². The van der Waals surface area contributed by atoms with Gasteiger partial charge < -0.3 is 20.3 Å². The van der Waals surface area contributed by atoms with E-state index in [9.17, 15) is 14.0 Å². The van der Waals surface area contributed by atoms with Crippen molar-refractivity contribution in [1.29, 1.82) is 0 Å². The van der Waals surface area contributed by atoms with Gasteiger partial charge in [0.1, 0.15) is 18.9 Å². The first-order chi connectivity index (χ1) is 12.1. The third-order valence-electron chi connectivity index (χ3n) is 4.48. The van der Waals surface area contributed by atoms with Crippen LogP contribution in [0.4, 0.5) is 9.18 Å². The smallest absolute Gasteiger partial charge is 0.337 e. The molecule has 0 saturated heterocycles. The molecule has 25 heavy (non-hydrogen) atoms. The minimum atomic E-state index is -0.401. The van der Waals surface area contributed by atoms with Crippen molar-refractivity contribution in [2.75, 3.05) is 19.7 Å².